The molecule has 0 atom stereocenters. The molecule has 0 fully saturated rings. The van der Waals surface area contributed by atoms with Crippen LogP contribution in [0.5, 0.6) is 0 Å². The fourth-order valence-corrected chi connectivity index (χ4v) is 2.48. The zero-order valence-corrected chi connectivity index (χ0v) is 9.51. The number of hydrogen-bond acceptors (Lipinski definition) is 7. The van der Waals surface area contributed by atoms with Crippen molar-refractivity contribution in [1.29, 1.82) is 0 Å². The van der Waals surface area contributed by atoms with Crippen LogP contribution in [0.1, 0.15) is 10.4 Å². The molecular weight excluding hydrogens is 256 g/mol. The van der Waals surface area contributed by atoms with E-state index in [-0.39, 0.29) is 10.7 Å². The third-order valence-electron chi connectivity index (χ3n) is 1.44. The van der Waals surface area contributed by atoms with E-state index in [1.807, 2.05) is 0 Å². The molecule has 15 heavy (non-hydrogen) atoms. The van der Waals surface area contributed by atoms with E-state index in [1.54, 1.807) is 0 Å². The van der Waals surface area contributed by atoms with Gasteiger partial charge in [-0.05, 0) is 23.3 Å². The number of hydrogen-bond donors (Lipinski definition) is 0. The molecule has 0 saturated heterocycles. The fourth-order valence-electron chi connectivity index (χ4n) is 0.830. The summed E-state index contributed by atoms with van der Waals surface area (Å²) in [6.07, 6.45) is 3.38. The highest BCUT2D eigenvalue weighted by Gasteiger charge is 2.11. The van der Waals surface area contributed by atoms with Gasteiger partial charge in [0.1, 0.15) is 22.8 Å². The maximum absolute atomic E-state index is 10.8. The van der Waals surface area contributed by atoms with Crippen molar-refractivity contribution in [1.82, 2.24) is 19.3 Å². The van der Waals surface area contributed by atoms with Crippen LogP contribution in [0.25, 0.3) is 0 Å². The number of carbonyl (C=O) groups is 1. The number of nitrogens with zero attached hydrogens (tertiary/aromatic N) is 4. The molecule has 0 aliphatic rings. The third kappa shape index (κ3) is 2.31. The van der Waals surface area contributed by atoms with Gasteiger partial charge in [0, 0.05) is 0 Å². The summed E-state index contributed by atoms with van der Waals surface area (Å²) in [6, 6.07) is 0. The third-order valence-corrected chi connectivity index (χ3v) is 3.48. The molecule has 2 heterocycles. The molecule has 0 aliphatic heterocycles. The summed E-state index contributed by atoms with van der Waals surface area (Å²) in [4.78, 5) is 22.4. The Morgan fingerprint density at radius 3 is 2.87 bits per heavy atom. The molecule has 2 aromatic heterocycles. The Bertz CT molecular complexity index is 476. The average Bonchev–Trinajstić information content (AvgIpc) is 2.71. The van der Waals surface area contributed by atoms with Gasteiger partial charge in [0.2, 0.25) is 0 Å². The molecular formula is C7H3ClN4OS2. The van der Waals surface area contributed by atoms with Crippen LogP contribution in [-0.4, -0.2) is 25.6 Å². The van der Waals surface area contributed by atoms with E-state index in [1.165, 1.54) is 35.9 Å². The van der Waals surface area contributed by atoms with Crippen molar-refractivity contribution in [3.8, 4) is 0 Å². The summed E-state index contributed by atoms with van der Waals surface area (Å²) in [7, 11) is 0. The molecule has 0 aliphatic carbocycles. The number of rotatable bonds is 3. The molecule has 8 heteroatoms. The van der Waals surface area contributed by atoms with E-state index in [0.29, 0.717) is 15.7 Å². The molecule has 2 aromatic rings. The zero-order chi connectivity index (χ0) is 10.7. The summed E-state index contributed by atoms with van der Waals surface area (Å²) < 4.78 is 4.54. The van der Waals surface area contributed by atoms with Gasteiger partial charge >= 0.3 is 0 Å². The molecule has 0 unspecified atom stereocenters. The Morgan fingerprint density at radius 2 is 2.20 bits per heavy atom. The molecule has 0 radical (unpaired) electrons. The summed E-state index contributed by atoms with van der Waals surface area (Å²) in [6.45, 7) is 0. The molecule has 0 spiro atoms. The fraction of sp³-hybridized carbons (Fsp3) is 0. The molecule has 0 bridgehead atoms. The van der Waals surface area contributed by atoms with E-state index in [4.69, 9.17) is 11.6 Å². The zero-order valence-electron chi connectivity index (χ0n) is 7.12. The van der Waals surface area contributed by atoms with Crippen molar-refractivity contribution < 1.29 is 4.79 Å². The topological polar surface area (TPSA) is 68.6 Å². The minimum atomic E-state index is 0.145. The molecule has 5 nitrogen and oxygen atoms in total. The number of aromatic nitrogens is 4. The first kappa shape index (κ1) is 10.5. The lowest BCUT2D eigenvalue weighted by Crippen LogP contribution is -1.93. The first-order valence-electron chi connectivity index (χ1n) is 3.71. The van der Waals surface area contributed by atoms with Crippen LogP contribution in [-0.2, 0) is 0 Å². The van der Waals surface area contributed by atoms with Gasteiger partial charge in [-0.25, -0.2) is 15.0 Å². The van der Waals surface area contributed by atoms with Crippen molar-refractivity contribution in [3.05, 3.63) is 23.4 Å². The van der Waals surface area contributed by atoms with Crippen LogP contribution in [0.4, 0.5) is 0 Å². The number of carbonyl (C=O) groups excluding carboxylic acids is 1. The Morgan fingerprint density at radius 1 is 1.33 bits per heavy atom. The minimum absolute atomic E-state index is 0.145. The standard InChI is InChI=1S/C7H3ClN4OS2/c8-5-4(1-13)6(10-2-9-5)14-7-11-3-12-15-7/h1-3H. The quantitative estimate of drug-likeness (QED) is 0.619. The first-order valence-corrected chi connectivity index (χ1v) is 5.68. The Kier molecular flexibility index (Phi) is 3.24. The van der Waals surface area contributed by atoms with Gasteiger partial charge in [0.05, 0.1) is 5.56 Å². The maximum Gasteiger partial charge on any atom is 0.176 e. The van der Waals surface area contributed by atoms with Crippen LogP contribution >= 0.6 is 34.9 Å². The van der Waals surface area contributed by atoms with Gasteiger partial charge in [-0.2, -0.15) is 4.37 Å². The Balaban J connectivity index is 2.36. The monoisotopic (exact) mass is 258 g/mol. The molecule has 0 aromatic carbocycles. The second-order valence-corrected chi connectivity index (χ2v) is 4.68. The first-order chi connectivity index (χ1) is 7.31. The second kappa shape index (κ2) is 4.65. The number of aldehydes is 1. The van der Waals surface area contributed by atoms with E-state index in [2.05, 4.69) is 19.3 Å². The number of halogens is 1. The van der Waals surface area contributed by atoms with Gasteiger partial charge in [-0.1, -0.05) is 11.6 Å². The van der Waals surface area contributed by atoms with Gasteiger partial charge in [-0.3, -0.25) is 4.79 Å². The summed E-state index contributed by atoms with van der Waals surface area (Å²) in [5.41, 5.74) is 0.277. The highest BCUT2D eigenvalue weighted by molar-refractivity contribution is 8.01. The van der Waals surface area contributed by atoms with Crippen molar-refractivity contribution in [2.24, 2.45) is 0 Å². The molecule has 0 saturated carbocycles. The molecule has 76 valence electrons. The normalized spacial score (nSPS) is 10.2. The summed E-state index contributed by atoms with van der Waals surface area (Å²) in [5, 5.41) is 0.633. The van der Waals surface area contributed by atoms with E-state index in [9.17, 15) is 4.79 Å². The molecule has 0 N–H and O–H groups in total. The summed E-state index contributed by atoms with van der Waals surface area (Å²) in [5.74, 6) is 0. The highest BCUT2D eigenvalue weighted by atomic mass is 35.5. The lowest BCUT2D eigenvalue weighted by Gasteiger charge is -2.00. The van der Waals surface area contributed by atoms with Crippen LogP contribution < -0.4 is 0 Å². The van der Waals surface area contributed by atoms with E-state index >= 15 is 0 Å². The van der Waals surface area contributed by atoms with Crippen LogP contribution in [0, 0.1) is 0 Å². The Hall–Kier alpha value is -1.05. The van der Waals surface area contributed by atoms with Gasteiger partial charge in [-0.15, -0.1) is 0 Å². The van der Waals surface area contributed by atoms with Crippen LogP contribution in [0.2, 0.25) is 5.15 Å². The summed E-state index contributed by atoms with van der Waals surface area (Å²) >= 11 is 8.20. The van der Waals surface area contributed by atoms with Crippen molar-refractivity contribution in [2.45, 2.75) is 9.37 Å². The highest BCUT2D eigenvalue weighted by Crippen LogP contribution is 2.30. The minimum Gasteiger partial charge on any atom is -0.298 e. The Labute approximate surface area is 98.1 Å². The predicted octanol–water partition coefficient (Wildman–Crippen LogP) is 1.95. The molecule has 0 amide bonds. The van der Waals surface area contributed by atoms with Crippen molar-refractivity contribution in [2.75, 3.05) is 0 Å². The maximum atomic E-state index is 10.8. The van der Waals surface area contributed by atoms with Crippen LogP contribution in [0.15, 0.2) is 22.0 Å². The lowest BCUT2D eigenvalue weighted by atomic mass is 10.4. The van der Waals surface area contributed by atoms with Crippen molar-refractivity contribution in [3.63, 3.8) is 0 Å². The second-order valence-electron chi connectivity index (χ2n) is 2.31. The average molecular weight is 259 g/mol. The predicted molar refractivity (Wildman–Crippen MR) is 56.5 cm³/mol. The SMILES string of the molecule is O=Cc1c(Cl)ncnc1Sc1ncns1. The van der Waals surface area contributed by atoms with Gasteiger partial charge in [0.15, 0.2) is 10.6 Å². The van der Waals surface area contributed by atoms with Gasteiger partial charge in [0.25, 0.3) is 0 Å². The van der Waals surface area contributed by atoms with Crippen molar-refractivity contribution >= 4 is 41.2 Å². The van der Waals surface area contributed by atoms with E-state index in [0.717, 1.165) is 0 Å². The lowest BCUT2D eigenvalue weighted by molar-refractivity contribution is 0.112. The van der Waals surface area contributed by atoms with Crippen LogP contribution in [0.3, 0.4) is 0 Å². The largest absolute Gasteiger partial charge is 0.298 e. The van der Waals surface area contributed by atoms with Gasteiger partial charge < -0.3 is 0 Å². The van der Waals surface area contributed by atoms with E-state index < -0.39 is 0 Å². The smallest absolute Gasteiger partial charge is 0.176 e. The molecule has 2 rings (SSSR count).